The van der Waals surface area contributed by atoms with Gasteiger partial charge in [0.05, 0.1) is 6.10 Å². The molecule has 0 amide bonds. The molecular formula is C19H35NO. The molecule has 0 aromatic rings. The second-order valence-electron chi connectivity index (χ2n) is 8.02. The van der Waals surface area contributed by atoms with Crippen molar-refractivity contribution < 1.29 is 5.11 Å². The summed E-state index contributed by atoms with van der Waals surface area (Å²) in [5, 5.41) is 13.7. The van der Waals surface area contributed by atoms with Gasteiger partial charge < -0.3 is 10.4 Å². The third-order valence-electron chi connectivity index (χ3n) is 6.53. The molecule has 3 rings (SSSR count). The maximum atomic E-state index is 9.97. The molecule has 0 spiro atoms. The second-order valence-corrected chi connectivity index (χ2v) is 8.02. The predicted molar refractivity (Wildman–Crippen MR) is 88.3 cm³/mol. The van der Waals surface area contributed by atoms with Crippen molar-refractivity contribution in [2.24, 2.45) is 17.8 Å². The molecule has 2 aliphatic carbocycles. The van der Waals surface area contributed by atoms with Gasteiger partial charge in [-0.3, -0.25) is 0 Å². The zero-order valence-electron chi connectivity index (χ0n) is 13.7. The van der Waals surface area contributed by atoms with Crippen LogP contribution in [-0.4, -0.2) is 23.8 Å². The average molecular weight is 293 g/mol. The minimum Gasteiger partial charge on any atom is -0.393 e. The third-order valence-corrected chi connectivity index (χ3v) is 6.53. The summed E-state index contributed by atoms with van der Waals surface area (Å²) < 4.78 is 0. The van der Waals surface area contributed by atoms with Crippen molar-refractivity contribution in [3.05, 3.63) is 0 Å². The first-order chi connectivity index (χ1) is 10.3. The van der Waals surface area contributed by atoms with Crippen molar-refractivity contribution >= 4 is 0 Å². The highest BCUT2D eigenvalue weighted by molar-refractivity contribution is 4.87. The standard InChI is InChI=1S/C19H35NO/c21-18-11-12-20-17(13-18)14-19(15-7-3-1-4-8-15)16-9-5-2-6-10-16/h15-21H,1-14H2/t17-,18+/m1/s1. The molecule has 122 valence electrons. The first kappa shape index (κ1) is 15.8. The van der Waals surface area contributed by atoms with Crippen molar-refractivity contribution in [3.8, 4) is 0 Å². The molecule has 21 heavy (non-hydrogen) atoms. The van der Waals surface area contributed by atoms with Crippen LogP contribution >= 0.6 is 0 Å². The topological polar surface area (TPSA) is 32.3 Å². The number of aliphatic hydroxyl groups is 1. The Labute approximate surface area is 131 Å². The summed E-state index contributed by atoms with van der Waals surface area (Å²) in [6.45, 7) is 1.02. The van der Waals surface area contributed by atoms with Gasteiger partial charge in [0.2, 0.25) is 0 Å². The lowest BCUT2D eigenvalue weighted by atomic mass is 9.67. The highest BCUT2D eigenvalue weighted by atomic mass is 16.3. The normalized spacial score (nSPS) is 33.4. The van der Waals surface area contributed by atoms with Crippen LogP contribution in [0.1, 0.15) is 83.5 Å². The van der Waals surface area contributed by atoms with Crippen LogP contribution in [0.5, 0.6) is 0 Å². The number of aliphatic hydroxyl groups excluding tert-OH is 1. The van der Waals surface area contributed by atoms with Crippen LogP contribution in [0.15, 0.2) is 0 Å². The number of rotatable bonds is 4. The zero-order valence-corrected chi connectivity index (χ0v) is 13.7. The Morgan fingerprint density at radius 3 is 1.90 bits per heavy atom. The van der Waals surface area contributed by atoms with Crippen molar-refractivity contribution in [2.75, 3.05) is 6.54 Å². The number of nitrogens with one attached hydrogen (secondary N) is 1. The molecule has 1 saturated heterocycles. The van der Waals surface area contributed by atoms with E-state index in [2.05, 4.69) is 5.32 Å². The van der Waals surface area contributed by atoms with Gasteiger partial charge in [-0.2, -0.15) is 0 Å². The summed E-state index contributed by atoms with van der Waals surface area (Å²) in [7, 11) is 0. The van der Waals surface area contributed by atoms with Crippen LogP contribution in [0.4, 0.5) is 0 Å². The van der Waals surface area contributed by atoms with Crippen LogP contribution in [0, 0.1) is 17.8 Å². The molecule has 2 N–H and O–H groups in total. The minimum atomic E-state index is -0.0467. The van der Waals surface area contributed by atoms with Gasteiger partial charge >= 0.3 is 0 Å². The smallest absolute Gasteiger partial charge is 0.0567 e. The highest BCUT2D eigenvalue weighted by Gasteiger charge is 2.34. The van der Waals surface area contributed by atoms with Crippen LogP contribution in [0.3, 0.4) is 0 Å². The van der Waals surface area contributed by atoms with E-state index in [9.17, 15) is 5.11 Å². The van der Waals surface area contributed by atoms with Gasteiger partial charge in [-0.15, -0.1) is 0 Å². The zero-order chi connectivity index (χ0) is 14.5. The summed E-state index contributed by atoms with van der Waals surface area (Å²) in [6.07, 6.45) is 18.0. The molecule has 2 saturated carbocycles. The van der Waals surface area contributed by atoms with Gasteiger partial charge in [-0.25, -0.2) is 0 Å². The van der Waals surface area contributed by atoms with Crippen molar-refractivity contribution in [3.63, 3.8) is 0 Å². The third kappa shape index (κ3) is 4.45. The van der Waals surface area contributed by atoms with Gasteiger partial charge in [0.15, 0.2) is 0 Å². The summed E-state index contributed by atoms with van der Waals surface area (Å²) in [5.41, 5.74) is 0. The summed E-state index contributed by atoms with van der Waals surface area (Å²) in [5.74, 6) is 2.92. The van der Waals surface area contributed by atoms with E-state index in [1.54, 1.807) is 0 Å². The molecule has 3 fully saturated rings. The quantitative estimate of drug-likeness (QED) is 0.811. The number of hydrogen-bond donors (Lipinski definition) is 2. The Morgan fingerprint density at radius 2 is 1.38 bits per heavy atom. The number of hydrogen-bond acceptors (Lipinski definition) is 2. The lowest BCUT2D eigenvalue weighted by Gasteiger charge is -2.41. The van der Waals surface area contributed by atoms with Gasteiger partial charge in [-0.1, -0.05) is 64.2 Å². The Bertz CT molecular complexity index is 276. The maximum Gasteiger partial charge on any atom is 0.0567 e. The van der Waals surface area contributed by atoms with Gasteiger partial charge in [-0.05, 0) is 43.6 Å². The molecule has 0 aromatic carbocycles. The minimum absolute atomic E-state index is 0.0467. The lowest BCUT2D eigenvalue weighted by molar-refractivity contribution is 0.0805. The predicted octanol–water partition coefficient (Wildman–Crippen LogP) is 4.27. The Kier molecular flexibility index (Phi) is 5.99. The van der Waals surface area contributed by atoms with E-state index in [1.165, 1.54) is 70.6 Å². The van der Waals surface area contributed by atoms with E-state index in [0.29, 0.717) is 6.04 Å². The molecule has 0 unspecified atom stereocenters. The fourth-order valence-corrected chi connectivity index (χ4v) is 5.39. The average Bonchev–Trinajstić information content (AvgIpc) is 2.54. The van der Waals surface area contributed by atoms with Crippen LogP contribution in [-0.2, 0) is 0 Å². The number of piperidine rings is 1. The molecule has 2 atom stereocenters. The lowest BCUT2D eigenvalue weighted by Crippen LogP contribution is -2.43. The van der Waals surface area contributed by atoms with E-state index in [4.69, 9.17) is 0 Å². The van der Waals surface area contributed by atoms with Crippen molar-refractivity contribution in [2.45, 2.75) is 95.6 Å². The Balaban J connectivity index is 1.62. The molecule has 3 aliphatic rings. The fraction of sp³-hybridized carbons (Fsp3) is 1.00. The monoisotopic (exact) mass is 293 g/mol. The molecule has 1 heterocycles. The maximum absolute atomic E-state index is 9.97. The van der Waals surface area contributed by atoms with Gasteiger partial charge in [0.1, 0.15) is 0 Å². The Hall–Kier alpha value is -0.0800. The second kappa shape index (κ2) is 7.97. The van der Waals surface area contributed by atoms with E-state index in [0.717, 1.165) is 37.1 Å². The van der Waals surface area contributed by atoms with Crippen LogP contribution < -0.4 is 5.32 Å². The van der Waals surface area contributed by atoms with Gasteiger partial charge in [0.25, 0.3) is 0 Å². The molecule has 2 heteroatoms. The van der Waals surface area contributed by atoms with Gasteiger partial charge in [0, 0.05) is 6.04 Å². The van der Waals surface area contributed by atoms with Crippen molar-refractivity contribution in [1.82, 2.24) is 5.32 Å². The van der Waals surface area contributed by atoms with E-state index >= 15 is 0 Å². The largest absolute Gasteiger partial charge is 0.393 e. The molecule has 2 nitrogen and oxygen atoms in total. The molecule has 0 bridgehead atoms. The Morgan fingerprint density at radius 1 is 0.810 bits per heavy atom. The van der Waals surface area contributed by atoms with Crippen LogP contribution in [0.2, 0.25) is 0 Å². The molecule has 1 aliphatic heterocycles. The van der Waals surface area contributed by atoms with Crippen molar-refractivity contribution in [1.29, 1.82) is 0 Å². The molecule has 0 aromatic heterocycles. The highest BCUT2D eigenvalue weighted by Crippen LogP contribution is 2.42. The molecular weight excluding hydrogens is 258 g/mol. The summed E-state index contributed by atoms with van der Waals surface area (Å²) >= 11 is 0. The SMILES string of the molecule is O[C@H]1CCN[C@@H](CC(C2CCCCC2)C2CCCCC2)C1. The van der Waals surface area contributed by atoms with E-state index in [1.807, 2.05) is 0 Å². The first-order valence-electron chi connectivity index (χ1n) is 9.74. The fourth-order valence-electron chi connectivity index (χ4n) is 5.39. The van der Waals surface area contributed by atoms with Crippen LogP contribution in [0.25, 0.3) is 0 Å². The summed E-state index contributed by atoms with van der Waals surface area (Å²) in [4.78, 5) is 0. The first-order valence-corrected chi connectivity index (χ1v) is 9.74. The molecule has 0 radical (unpaired) electrons. The van der Waals surface area contributed by atoms with E-state index < -0.39 is 0 Å². The van der Waals surface area contributed by atoms with E-state index in [-0.39, 0.29) is 6.10 Å². The summed E-state index contributed by atoms with van der Waals surface area (Å²) in [6, 6.07) is 0.586.